The minimum Gasteiger partial charge on any atom is -0.494 e. The fraction of sp³-hybridized carbons (Fsp3) is 0.412. The van der Waals surface area contributed by atoms with Crippen LogP contribution in [-0.2, 0) is 19.4 Å². The zero-order valence-electron chi connectivity index (χ0n) is 25.2. The molecule has 0 saturated heterocycles. The second kappa shape index (κ2) is 15.4. The summed E-state index contributed by atoms with van der Waals surface area (Å²) < 4.78 is 40.0. The number of benzene rings is 3. The first-order valence-corrected chi connectivity index (χ1v) is 17.9. The number of amides is 1. The molecule has 0 aromatic heterocycles. The van der Waals surface area contributed by atoms with Gasteiger partial charge in [0.2, 0.25) is 5.90 Å². The Morgan fingerprint density at radius 3 is 2.40 bits per heavy atom. The summed E-state index contributed by atoms with van der Waals surface area (Å²) >= 11 is 3.48. The molecule has 3 N–H and O–H groups in total. The third-order valence-corrected chi connectivity index (χ3v) is 10.6. The van der Waals surface area contributed by atoms with Crippen LogP contribution in [0, 0.1) is 5.92 Å². The molecular weight excluding hydrogens is 658 g/mol. The van der Waals surface area contributed by atoms with Gasteiger partial charge < -0.3 is 14.6 Å². The van der Waals surface area contributed by atoms with Crippen LogP contribution in [0.2, 0.25) is 0 Å². The lowest BCUT2D eigenvalue weighted by atomic mass is 9.85. The molecule has 240 valence electrons. The summed E-state index contributed by atoms with van der Waals surface area (Å²) in [5, 5.41) is 9.05. The minimum atomic E-state index is -3.74. The van der Waals surface area contributed by atoms with Crippen LogP contribution in [0.25, 0.3) is 0 Å². The monoisotopic (exact) mass is 697 g/mol. The van der Waals surface area contributed by atoms with Gasteiger partial charge in [-0.1, -0.05) is 65.5 Å². The van der Waals surface area contributed by atoms with Crippen molar-refractivity contribution >= 4 is 37.6 Å². The normalized spacial score (nSPS) is 20.3. The van der Waals surface area contributed by atoms with E-state index in [4.69, 9.17) is 19.6 Å². The van der Waals surface area contributed by atoms with Crippen LogP contribution in [0.1, 0.15) is 62.2 Å². The third-order valence-electron chi connectivity index (χ3n) is 8.37. The van der Waals surface area contributed by atoms with E-state index in [9.17, 15) is 13.2 Å². The summed E-state index contributed by atoms with van der Waals surface area (Å²) in [5.74, 6) is 0.573. The summed E-state index contributed by atoms with van der Waals surface area (Å²) in [4.78, 5) is 19.4. The maximum atomic E-state index is 14.3. The van der Waals surface area contributed by atoms with Crippen molar-refractivity contribution in [1.82, 2.24) is 10.9 Å². The smallest absolute Gasteiger partial charge is 0.266 e. The van der Waals surface area contributed by atoms with Gasteiger partial charge >= 0.3 is 0 Å². The number of halogens is 1. The average molecular weight is 699 g/mol. The van der Waals surface area contributed by atoms with Crippen molar-refractivity contribution in [3.05, 3.63) is 94.5 Å². The van der Waals surface area contributed by atoms with Crippen LogP contribution >= 0.6 is 15.9 Å². The lowest BCUT2D eigenvalue weighted by Crippen LogP contribution is -2.54. The zero-order valence-corrected chi connectivity index (χ0v) is 27.6. The highest BCUT2D eigenvalue weighted by Crippen LogP contribution is 2.43. The van der Waals surface area contributed by atoms with Crippen molar-refractivity contribution in [1.29, 1.82) is 0 Å². The first kappa shape index (κ1) is 33.1. The summed E-state index contributed by atoms with van der Waals surface area (Å²) in [6.07, 6.45) is 5.34. The molecule has 0 radical (unpaired) electrons. The molecule has 9 nitrogen and oxygen atoms in total. The molecule has 11 heteroatoms. The van der Waals surface area contributed by atoms with Crippen molar-refractivity contribution in [3.63, 3.8) is 0 Å². The van der Waals surface area contributed by atoms with Gasteiger partial charge in [0.15, 0.2) is 21.5 Å². The van der Waals surface area contributed by atoms with E-state index >= 15 is 0 Å². The molecular formula is C34H40BrN3O6S. The number of nitrogens with zero attached hydrogens (tertiary/aromatic N) is 1. The Morgan fingerprint density at radius 2 is 1.71 bits per heavy atom. The summed E-state index contributed by atoms with van der Waals surface area (Å²) in [6.45, 7) is 1.05. The molecule has 1 heterocycles. The van der Waals surface area contributed by atoms with Crippen molar-refractivity contribution in [3.8, 4) is 5.75 Å². The molecule has 2 atom stereocenters. The molecule has 1 aliphatic heterocycles. The molecule has 3 aromatic rings. The van der Waals surface area contributed by atoms with E-state index in [0.29, 0.717) is 42.4 Å². The van der Waals surface area contributed by atoms with Crippen molar-refractivity contribution in [2.75, 3.05) is 25.5 Å². The number of hydrazine groups is 1. The summed E-state index contributed by atoms with van der Waals surface area (Å²) in [7, 11) is -3.74. The van der Waals surface area contributed by atoms with Gasteiger partial charge in [-0.25, -0.2) is 18.8 Å². The number of hydrogen-bond donors (Lipinski definition) is 3. The van der Waals surface area contributed by atoms with Gasteiger partial charge in [0.25, 0.3) is 5.91 Å². The van der Waals surface area contributed by atoms with Crippen molar-refractivity contribution in [2.45, 2.75) is 61.5 Å². The molecule has 0 unspecified atom stereocenters. The van der Waals surface area contributed by atoms with Crippen LogP contribution in [0.4, 0.5) is 0 Å². The topological polar surface area (TPSA) is 126 Å². The molecule has 0 spiro atoms. The lowest BCUT2D eigenvalue weighted by Gasteiger charge is -2.31. The maximum absolute atomic E-state index is 14.3. The summed E-state index contributed by atoms with van der Waals surface area (Å²) in [6, 6.07) is 22.8. The van der Waals surface area contributed by atoms with Gasteiger partial charge in [-0.05, 0) is 72.9 Å². The number of hydrogen-bond acceptors (Lipinski definition) is 8. The van der Waals surface area contributed by atoms with Gasteiger partial charge in [0.1, 0.15) is 5.75 Å². The van der Waals surface area contributed by atoms with Crippen LogP contribution in [-0.4, -0.2) is 56.4 Å². The Bertz CT molecular complexity index is 1550. The number of aliphatic imine (C=N–C) groups is 1. The Labute approximate surface area is 273 Å². The second-order valence-electron chi connectivity index (χ2n) is 11.6. The number of carbonyl (C=O) groups excluding carboxylic acids is 1. The zero-order chi connectivity index (χ0) is 31.7. The van der Waals surface area contributed by atoms with Crippen molar-refractivity contribution < 1.29 is 27.8 Å². The Balaban J connectivity index is 1.48. The molecule has 1 amide bonds. The van der Waals surface area contributed by atoms with Crippen LogP contribution in [0.3, 0.4) is 0 Å². The molecule has 2 aliphatic rings. The largest absolute Gasteiger partial charge is 0.494 e. The van der Waals surface area contributed by atoms with E-state index in [1.807, 2.05) is 24.3 Å². The molecule has 45 heavy (non-hydrogen) atoms. The Hall–Kier alpha value is -3.25. The first-order chi connectivity index (χ1) is 21.8. The van der Waals surface area contributed by atoms with Gasteiger partial charge in [0.05, 0.1) is 17.3 Å². The lowest BCUT2D eigenvalue weighted by molar-refractivity contribution is -0.130. The fourth-order valence-electron chi connectivity index (χ4n) is 5.82. The van der Waals surface area contributed by atoms with Crippen LogP contribution in [0.5, 0.6) is 5.75 Å². The molecule has 1 fully saturated rings. The quantitative estimate of drug-likeness (QED) is 0.149. The number of sulfone groups is 1. The standard InChI is InChI=1S/C34H40BrN3O6S/c35-28-16-12-26(13-17-28)31-34(20-23-45(41,42)30-10-5-2-6-11-30,33(40)38-36-24-25-8-3-1-4-9-25)37-32(44-31)27-14-18-29(19-15-27)43-22-7-21-39/h2,5-6,10-19,25,31,36,39H,1,3-4,7-9,20-24H2,(H,38,40)/t31-,34-/m0/s1. The Morgan fingerprint density at radius 1 is 1.00 bits per heavy atom. The van der Waals surface area contributed by atoms with E-state index in [1.54, 1.807) is 54.6 Å². The van der Waals surface area contributed by atoms with Crippen LogP contribution in [0.15, 0.2) is 93.2 Å². The van der Waals surface area contributed by atoms with Crippen LogP contribution < -0.4 is 15.6 Å². The summed E-state index contributed by atoms with van der Waals surface area (Å²) in [5.41, 5.74) is 5.77. The average Bonchev–Trinajstić information content (AvgIpc) is 3.46. The van der Waals surface area contributed by atoms with E-state index in [0.717, 1.165) is 17.3 Å². The SMILES string of the molecule is O=C(NNCC1CCCCC1)[C@@]1(CCS(=O)(=O)c2ccccc2)N=C(c2ccc(OCCCO)cc2)O[C@H]1c1ccc(Br)cc1. The first-order valence-electron chi connectivity index (χ1n) is 15.5. The molecule has 1 aliphatic carbocycles. The predicted octanol–water partition coefficient (Wildman–Crippen LogP) is 5.53. The van der Waals surface area contributed by atoms with E-state index < -0.39 is 27.4 Å². The van der Waals surface area contributed by atoms with E-state index in [-0.39, 0.29) is 29.6 Å². The highest BCUT2D eigenvalue weighted by Gasteiger charge is 2.53. The fourth-order valence-corrected chi connectivity index (χ4v) is 7.47. The van der Waals surface area contributed by atoms with E-state index in [1.165, 1.54) is 19.3 Å². The predicted molar refractivity (Wildman–Crippen MR) is 177 cm³/mol. The van der Waals surface area contributed by atoms with E-state index in [2.05, 4.69) is 26.8 Å². The maximum Gasteiger partial charge on any atom is 0.266 e. The molecule has 3 aromatic carbocycles. The van der Waals surface area contributed by atoms with Gasteiger partial charge in [-0.2, -0.15) is 0 Å². The molecule has 5 rings (SSSR count). The second-order valence-corrected chi connectivity index (χ2v) is 14.6. The number of rotatable bonds is 14. The highest BCUT2D eigenvalue weighted by molar-refractivity contribution is 9.10. The highest BCUT2D eigenvalue weighted by atomic mass is 79.9. The third kappa shape index (κ3) is 8.32. The van der Waals surface area contributed by atoms with Gasteiger partial charge in [0, 0.05) is 36.0 Å². The molecule has 1 saturated carbocycles. The number of nitrogens with one attached hydrogen (secondary N) is 2. The number of aliphatic hydroxyl groups excluding tert-OH is 1. The van der Waals surface area contributed by atoms with Crippen molar-refractivity contribution in [2.24, 2.45) is 10.9 Å². The Kier molecular flexibility index (Phi) is 11.3. The number of ether oxygens (including phenoxy) is 2. The number of aliphatic hydroxyl groups is 1. The number of carbonyl (C=O) groups is 1. The minimum absolute atomic E-state index is 0.0415. The van der Waals surface area contributed by atoms with Gasteiger partial charge in [-0.3, -0.25) is 10.2 Å². The molecule has 0 bridgehead atoms. The van der Waals surface area contributed by atoms with Gasteiger partial charge in [-0.15, -0.1) is 0 Å².